The Bertz CT molecular complexity index is 1010. The molecule has 3 atom stereocenters. The molecule has 0 aliphatic rings. The second-order valence-electron chi connectivity index (χ2n) is 8.08. The summed E-state index contributed by atoms with van der Waals surface area (Å²) in [5.74, 6) is -2.50. The third kappa shape index (κ3) is 9.72. The first-order valence-electron chi connectivity index (χ1n) is 11.1. The average Bonchev–Trinajstić information content (AvgIpc) is 2.82. The van der Waals surface area contributed by atoms with Crippen LogP contribution in [-0.4, -0.2) is 58.6 Å². The lowest BCUT2D eigenvalue weighted by Gasteiger charge is -2.23. The lowest BCUT2D eigenvalue weighted by atomic mass is 10.0. The number of nitrogens with one attached hydrogen (secondary N) is 2. The van der Waals surface area contributed by atoms with E-state index in [1.807, 2.05) is 30.3 Å². The number of aromatic hydroxyl groups is 1. The van der Waals surface area contributed by atoms with E-state index in [0.29, 0.717) is 12.0 Å². The molecule has 35 heavy (non-hydrogen) atoms. The highest BCUT2D eigenvalue weighted by Crippen LogP contribution is 2.12. The zero-order valence-electron chi connectivity index (χ0n) is 19.3. The van der Waals surface area contributed by atoms with Crippen LogP contribution in [0.2, 0.25) is 0 Å². The molecule has 0 radical (unpaired) electrons. The molecule has 2 rings (SSSR count). The molecule has 0 heterocycles. The van der Waals surface area contributed by atoms with E-state index >= 15 is 0 Å². The van der Waals surface area contributed by atoms with Crippen LogP contribution in [0.4, 0.5) is 0 Å². The van der Waals surface area contributed by atoms with Crippen LogP contribution in [0.25, 0.3) is 0 Å². The fraction of sp³-hybridized carbons (Fsp3) is 0.333. The quantitative estimate of drug-likeness (QED) is 0.113. The summed E-state index contributed by atoms with van der Waals surface area (Å²) in [4.78, 5) is 41.4. The molecule has 0 aliphatic heterocycles. The molecule has 0 spiro atoms. The summed E-state index contributed by atoms with van der Waals surface area (Å²) < 4.78 is 0. The molecule has 10 N–H and O–H groups in total. The van der Waals surface area contributed by atoms with E-state index in [2.05, 4.69) is 15.6 Å². The van der Waals surface area contributed by atoms with Crippen molar-refractivity contribution in [2.75, 3.05) is 6.54 Å². The molecule has 0 bridgehead atoms. The summed E-state index contributed by atoms with van der Waals surface area (Å²) in [6, 6.07) is 12.0. The number of hydrogen-bond donors (Lipinski definition) is 7. The Balaban J connectivity index is 2.08. The maximum atomic E-state index is 13.0. The topological polar surface area (TPSA) is 206 Å². The number of rotatable bonds is 13. The van der Waals surface area contributed by atoms with Crippen molar-refractivity contribution in [2.45, 2.75) is 43.8 Å². The van der Waals surface area contributed by atoms with Crippen molar-refractivity contribution in [2.24, 2.45) is 22.2 Å². The molecule has 11 nitrogen and oxygen atoms in total. The Kier molecular flexibility index (Phi) is 10.5. The number of carboxylic acids is 1. The van der Waals surface area contributed by atoms with Crippen LogP contribution in [0.5, 0.6) is 5.75 Å². The number of aliphatic carboxylic acids is 1. The van der Waals surface area contributed by atoms with E-state index in [4.69, 9.17) is 17.2 Å². The largest absolute Gasteiger partial charge is 0.508 e. The molecule has 0 fully saturated rings. The van der Waals surface area contributed by atoms with Crippen molar-refractivity contribution >= 4 is 23.7 Å². The number of carbonyl (C=O) groups excluding carboxylic acids is 2. The highest BCUT2D eigenvalue weighted by molar-refractivity contribution is 5.92. The first-order valence-corrected chi connectivity index (χ1v) is 11.1. The fourth-order valence-corrected chi connectivity index (χ4v) is 3.35. The SMILES string of the molecule is NC(N)=NCCCC(NC(=O)C(N)Cc1ccccc1)C(=O)NC(Cc1ccc(O)cc1)C(=O)O. The Hall–Kier alpha value is -4.12. The van der Waals surface area contributed by atoms with Gasteiger partial charge in [0.25, 0.3) is 0 Å². The van der Waals surface area contributed by atoms with Gasteiger partial charge < -0.3 is 38.0 Å². The van der Waals surface area contributed by atoms with Gasteiger partial charge in [-0.05, 0) is 42.5 Å². The molecule has 0 aliphatic carbocycles. The second kappa shape index (κ2) is 13.6. The molecule has 2 amide bonds. The molecule has 0 saturated carbocycles. The number of carbonyl (C=O) groups is 3. The van der Waals surface area contributed by atoms with Gasteiger partial charge in [-0.3, -0.25) is 14.6 Å². The van der Waals surface area contributed by atoms with Crippen molar-refractivity contribution < 1.29 is 24.6 Å². The van der Waals surface area contributed by atoms with Crippen LogP contribution in [0.1, 0.15) is 24.0 Å². The minimum absolute atomic E-state index is 0.0104. The van der Waals surface area contributed by atoms with E-state index in [1.54, 1.807) is 12.1 Å². The van der Waals surface area contributed by atoms with E-state index in [-0.39, 0.29) is 37.5 Å². The molecular formula is C24H32N6O5. The molecule has 3 unspecified atom stereocenters. The lowest BCUT2D eigenvalue weighted by molar-refractivity contribution is -0.142. The number of amides is 2. The van der Waals surface area contributed by atoms with Gasteiger partial charge in [0.1, 0.15) is 17.8 Å². The normalized spacial score (nSPS) is 13.2. The summed E-state index contributed by atoms with van der Waals surface area (Å²) in [5.41, 5.74) is 18.2. The average molecular weight is 485 g/mol. The number of phenolic OH excluding ortho intramolecular Hbond substituents is 1. The zero-order chi connectivity index (χ0) is 25.8. The van der Waals surface area contributed by atoms with E-state index in [1.165, 1.54) is 12.1 Å². The van der Waals surface area contributed by atoms with Gasteiger partial charge in [0.05, 0.1) is 6.04 Å². The van der Waals surface area contributed by atoms with Gasteiger partial charge in [-0.15, -0.1) is 0 Å². The van der Waals surface area contributed by atoms with Crippen molar-refractivity contribution in [3.05, 3.63) is 65.7 Å². The van der Waals surface area contributed by atoms with Crippen LogP contribution in [0.15, 0.2) is 59.6 Å². The monoisotopic (exact) mass is 484 g/mol. The zero-order valence-corrected chi connectivity index (χ0v) is 19.3. The number of nitrogens with zero attached hydrogens (tertiary/aromatic N) is 1. The number of benzene rings is 2. The van der Waals surface area contributed by atoms with Crippen LogP contribution < -0.4 is 27.8 Å². The van der Waals surface area contributed by atoms with Crippen molar-refractivity contribution in [3.63, 3.8) is 0 Å². The van der Waals surface area contributed by atoms with E-state index in [9.17, 15) is 24.6 Å². The molecule has 0 aromatic heterocycles. The summed E-state index contributed by atoms with van der Waals surface area (Å²) in [5, 5.41) is 24.1. The van der Waals surface area contributed by atoms with Gasteiger partial charge in [-0.2, -0.15) is 0 Å². The van der Waals surface area contributed by atoms with Crippen LogP contribution in [0.3, 0.4) is 0 Å². The third-order valence-electron chi connectivity index (χ3n) is 5.20. The van der Waals surface area contributed by atoms with Crippen molar-refractivity contribution in [1.82, 2.24) is 10.6 Å². The summed E-state index contributed by atoms with van der Waals surface area (Å²) >= 11 is 0. The third-order valence-corrected chi connectivity index (χ3v) is 5.20. The summed E-state index contributed by atoms with van der Waals surface area (Å²) in [6.45, 7) is 0.230. The summed E-state index contributed by atoms with van der Waals surface area (Å²) in [7, 11) is 0. The minimum Gasteiger partial charge on any atom is -0.508 e. The molecule has 0 saturated heterocycles. The first kappa shape index (κ1) is 27.1. The molecule has 188 valence electrons. The predicted molar refractivity (Wildman–Crippen MR) is 131 cm³/mol. The maximum Gasteiger partial charge on any atom is 0.326 e. The molecular weight excluding hydrogens is 452 g/mol. The minimum atomic E-state index is -1.25. The second-order valence-corrected chi connectivity index (χ2v) is 8.08. The molecule has 2 aromatic rings. The van der Waals surface area contributed by atoms with Crippen molar-refractivity contribution in [1.29, 1.82) is 0 Å². The van der Waals surface area contributed by atoms with Crippen molar-refractivity contribution in [3.8, 4) is 5.75 Å². The van der Waals surface area contributed by atoms with Crippen LogP contribution >= 0.6 is 0 Å². The number of phenols is 1. The van der Waals surface area contributed by atoms with Gasteiger partial charge >= 0.3 is 5.97 Å². The van der Waals surface area contributed by atoms with E-state index in [0.717, 1.165) is 5.56 Å². The van der Waals surface area contributed by atoms with Crippen LogP contribution in [0, 0.1) is 0 Å². The van der Waals surface area contributed by atoms with Gasteiger partial charge in [0.2, 0.25) is 11.8 Å². The molecule has 11 heteroatoms. The van der Waals surface area contributed by atoms with Gasteiger partial charge in [-0.25, -0.2) is 4.79 Å². The van der Waals surface area contributed by atoms with Gasteiger partial charge in [0.15, 0.2) is 5.96 Å². The fourth-order valence-electron chi connectivity index (χ4n) is 3.35. The number of aliphatic imine (C=N–C) groups is 1. The highest BCUT2D eigenvalue weighted by Gasteiger charge is 2.28. The van der Waals surface area contributed by atoms with Gasteiger partial charge in [-0.1, -0.05) is 42.5 Å². The predicted octanol–water partition coefficient (Wildman–Crippen LogP) is -0.387. The standard InChI is InChI=1S/C24H32N6O5/c25-18(13-15-5-2-1-3-6-15)21(32)29-19(7-4-12-28-24(26)27)22(33)30-20(23(34)35)14-16-8-10-17(31)11-9-16/h1-3,5-6,8-11,18-20,31H,4,7,12-14,25H2,(H,29,32)(H,30,33)(H,34,35)(H4,26,27,28). The smallest absolute Gasteiger partial charge is 0.326 e. The van der Waals surface area contributed by atoms with Crippen LogP contribution in [-0.2, 0) is 27.2 Å². The highest BCUT2D eigenvalue weighted by atomic mass is 16.4. The summed E-state index contributed by atoms with van der Waals surface area (Å²) in [6.07, 6.45) is 0.787. The Morgan fingerprint density at radius 3 is 2.06 bits per heavy atom. The number of hydrogen-bond acceptors (Lipinski definition) is 6. The Morgan fingerprint density at radius 1 is 0.857 bits per heavy atom. The lowest BCUT2D eigenvalue weighted by Crippen LogP contribution is -2.55. The molecule has 2 aromatic carbocycles. The number of guanidine groups is 1. The van der Waals surface area contributed by atoms with Gasteiger partial charge in [0, 0.05) is 13.0 Å². The first-order chi connectivity index (χ1) is 16.7. The number of carboxylic acid groups (broad SMARTS) is 1. The maximum absolute atomic E-state index is 13.0. The number of nitrogens with two attached hydrogens (primary N) is 3. The Morgan fingerprint density at radius 2 is 1.46 bits per heavy atom. The van der Waals surface area contributed by atoms with E-state index < -0.39 is 35.9 Å². The Labute approximate surface area is 203 Å².